The molecular formula is C16H31N5O2. The van der Waals surface area contributed by atoms with Gasteiger partial charge in [0.25, 0.3) is 0 Å². The number of aliphatic imine (C=N–C) groups is 1. The van der Waals surface area contributed by atoms with Gasteiger partial charge in [-0.3, -0.25) is 4.99 Å². The first-order valence-corrected chi connectivity index (χ1v) is 8.61. The minimum Gasteiger partial charge on any atom is -0.453 e. The Balaban J connectivity index is 1.70. The van der Waals surface area contributed by atoms with Crippen LogP contribution in [0.4, 0.5) is 4.79 Å². The zero-order chi connectivity index (χ0) is 16.7. The van der Waals surface area contributed by atoms with E-state index in [4.69, 9.17) is 4.74 Å². The summed E-state index contributed by atoms with van der Waals surface area (Å²) in [6.45, 7) is 4.79. The van der Waals surface area contributed by atoms with Crippen molar-refractivity contribution >= 4 is 12.1 Å². The molecule has 0 aromatic heterocycles. The zero-order valence-electron chi connectivity index (χ0n) is 14.7. The van der Waals surface area contributed by atoms with Gasteiger partial charge in [0.1, 0.15) is 0 Å². The molecule has 2 heterocycles. The first-order chi connectivity index (χ1) is 11.1. The molecule has 2 aliphatic heterocycles. The second-order valence-corrected chi connectivity index (χ2v) is 6.60. The van der Waals surface area contributed by atoms with Crippen LogP contribution in [0.5, 0.6) is 0 Å². The molecule has 0 aliphatic carbocycles. The van der Waals surface area contributed by atoms with E-state index in [0.29, 0.717) is 12.0 Å². The summed E-state index contributed by atoms with van der Waals surface area (Å²) >= 11 is 0. The van der Waals surface area contributed by atoms with Gasteiger partial charge in [-0.2, -0.15) is 0 Å². The molecule has 0 saturated carbocycles. The van der Waals surface area contributed by atoms with E-state index < -0.39 is 0 Å². The summed E-state index contributed by atoms with van der Waals surface area (Å²) in [4.78, 5) is 20.0. The molecule has 2 aliphatic rings. The molecule has 1 atom stereocenters. The Morgan fingerprint density at radius 2 is 2.00 bits per heavy atom. The van der Waals surface area contributed by atoms with Gasteiger partial charge in [-0.25, -0.2) is 4.79 Å². The minimum absolute atomic E-state index is 0.229. The largest absolute Gasteiger partial charge is 0.453 e. The van der Waals surface area contributed by atoms with E-state index >= 15 is 0 Å². The van der Waals surface area contributed by atoms with E-state index in [2.05, 4.69) is 27.6 Å². The Kier molecular flexibility index (Phi) is 6.95. The van der Waals surface area contributed by atoms with Crippen LogP contribution in [0.15, 0.2) is 4.99 Å². The number of hydrogen-bond donors (Lipinski definition) is 2. The molecule has 132 valence electrons. The maximum Gasteiger partial charge on any atom is 0.409 e. The molecule has 1 unspecified atom stereocenters. The topological polar surface area (TPSA) is 69.2 Å². The lowest BCUT2D eigenvalue weighted by Crippen LogP contribution is -2.51. The molecule has 0 radical (unpaired) electrons. The molecular weight excluding hydrogens is 294 g/mol. The summed E-state index contributed by atoms with van der Waals surface area (Å²) in [6, 6.07) is 0.358. The van der Waals surface area contributed by atoms with Crippen molar-refractivity contribution in [2.45, 2.75) is 31.7 Å². The number of methoxy groups -OCH3 is 1. The van der Waals surface area contributed by atoms with Crippen LogP contribution in [0.2, 0.25) is 0 Å². The number of carbonyl (C=O) groups excluding carboxylic acids is 1. The number of rotatable bonds is 3. The smallest absolute Gasteiger partial charge is 0.409 e. The van der Waals surface area contributed by atoms with Gasteiger partial charge in [0, 0.05) is 39.3 Å². The van der Waals surface area contributed by atoms with Crippen LogP contribution < -0.4 is 10.6 Å². The van der Waals surface area contributed by atoms with Crippen LogP contribution in [0.3, 0.4) is 0 Å². The second kappa shape index (κ2) is 8.96. The van der Waals surface area contributed by atoms with E-state index in [1.165, 1.54) is 26.5 Å². The fourth-order valence-electron chi connectivity index (χ4n) is 3.40. The van der Waals surface area contributed by atoms with Gasteiger partial charge >= 0.3 is 6.09 Å². The fourth-order valence-corrected chi connectivity index (χ4v) is 3.40. The number of ether oxygens (including phenoxy) is 1. The van der Waals surface area contributed by atoms with Crippen LogP contribution in [-0.2, 0) is 4.74 Å². The third-order valence-corrected chi connectivity index (χ3v) is 4.77. The Morgan fingerprint density at radius 1 is 1.26 bits per heavy atom. The number of hydrogen-bond acceptors (Lipinski definition) is 4. The highest BCUT2D eigenvalue weighted by Crippen LogP contribution is 2.14. The van der Waals surface area contributed by atoms with E-state index in [0.717, 1.165) is 45.0 Å². The normalized spacial score (nSPS) is 24.4. The summed E-state index contributed by atoms with van der Waals surface area (Å²) in [5.41, 5.74) is 0. The number of piperidine rings is 2. The third kappa shape index (κ3) is 5.57. The molecule has 2 rings (SSSR count). The van der Waals surface area contributed by atoms with Crippen LogP contribution >= 0.6 is 0 Å². The molecule has 0 spiro atoms. The van der Waals surface area contributed by atoms with Crippen molar-refractivity contribution < 1.29 is 9.53 Å². The van der Waals surface area contributed by atoms with Gasteiger partial charge in [-0.05, 0) is 45.2 Å². The number of nitrogens with zero attached hydrogens (tertiary/aromatic N) is 3. The van der Waals surface area contributed by atoms with Gasteiger partial charge in [0.15, 0.2) is 5.96 Å². The molecule has 0 aromatic carbocycles. The maximum absolute atomic E-state index is 11.5. The number of amides is 1. The molecule has 23 heavy (non-hydrogen) atoms. The number of likely N-dealkylation sites (tertiary alicyclic amines) is 2. The highest BCUT2D eigenvalue weighted by molar-refractivity contribution is 5.80. The average molecular weight is 325 g/mol. The van der Waals surface area contributed by atoms with Crippen molar-refractivity contribution in [2.24, 2.45) is 10.9 Å². The van der Waals surface area contributed by atoms with Crippen LogP contribution in [-0.4, -0.2) is 81.8 Å². The molecule has 2 N–H and O–H groups in total. The molecule has 2 saturated heterocycles. The van der Waals surface area contributed by atoms with Crippen LogP contribution in [0.25, 0.3) is 0 Å². The Hall–Kier alpha value is -1.50. The maximum atomic E-state index is 11.5. The van der Waals surface area contributed by atoms with Crippen molar-refractivity contribution in [3.05, 3.63) is 0 Å². The lowest BCUT2D eigenvalue weighted by Gasteiger charge is -2.33. The second-order valence-electron chi connectivity index (χ2n) is 6.60. The fraction of sp³-hybridized carbons (Fsp3) is 0.875. The van der Waals surface area contributed by atoms with Gasteiger partial charge < -0.3 is 25.2 Å². The van der Waals surface area contributed by atoms with Gasteiger partial charge in [0.05, 0.1) is 7.11 Å². The van der Waals surface area contributed by atoms with Crippen molar-refractivity contribution in [3.8, 4) is 0 Å². The Bertz CT molecular complexity index is 407. The molecule has 0 aromatic rings. The monoisotopic (exact) mass is 325 g/mol. The number of guanidine groups is 1. The summed E-state index contributed by atoms with van der Waals surface area (Å²) in [5, 5.41) is 6.94. The van der Waals surface area contributed by atoms with Gasteiger partial charge in [-0.15, -0.1) is 0 Å². The van der Waals surface area contributed by atoms with Crippen molar-refractivity contribution in [2.75, 3.05) is 53.9 Å². The summed E-state index contributed by atoms with van der Waals surface area (Å²) in [6.07, 6.45) is 4.17. The van der Waals surface area contributed by atoms with Crippen molar-refractivity contribution in [1.29, 1.82) is 0 Å². The van der Waals surface area contributed by atoms with Gasteiger partial charge in [0.2, 0.25) is 0 Å². The molecule has 1 amide bonds. The first kappa shape index (κ1) is 17.8. The van der Waals surface area contributed by atoms with Crippen molar-refractivity contribution in [1.82, 2.24) is 20.4 Å². The van der Waals surface area contributed by atoms with E-state index in [9.17, 15) is 4.79 Å². The zero-order valence-corrected chi connectivity index (χ0v) is 14.7. The highest BCUT2D eigenvalue weighted by atomic mass is 16.5. The first-order valence-electron chi connectivity index (χ1n) is 8.61. The quantitative estimate of drug-likeness (QED) is 0.591. The average Bonchev–Trinajstić information content (AvgIpc) is 2.58. The predicted molar refractivity (Wildman–Crippen MR) is 91.7 cm³/mol. The van der Waals surface area contributed by atoms with Crippen LogP contribution in [0, 0.1) is 5.92 Å². The summed E-state index contributed by atoms with van der Waals surface area (Å²) in [7, 11) is 5.43. The van der Waals surface area contributed by atoms with E-state index in [-0.39, 0.29) is 6.09 Å². The standard InChI is InChI=1S/C16H31N5O2/c1-17-15(18-11-13-5-4-8-20(2)12-13)19-14-6-9-21(10-7-14)16(22)23-3/h13-14H,4-12H2,1-3H3,(H2,17,18,19). The lowest BCUT2D eigenvalue weighted by molar-refractivity contribution is 0.111. The van der Waals surface area contributed by atoms with Crippen LogP contribution in [0.1, 0.15) is 25.7 Å². The number of nitrogens with one attached hydrogen (secondary N) is 2. The minimum atomic E-state index is -0.229. The molecule has 7 nitrogen and oxygen atoms in total. The van der Waals surface area contributed by atoms with Gasteiger partial charge in [-0.1, -0.05) is 0 Å². The highest BCUT2D eigenvalue weighted by Gasteiger charge is 2.24. The third-order valence-electron chi connectivity index (χ3n) is 4.77. The Morgan fingerprint density at radius 3 is 2.61 bits per heavy atom. The number of carbonyl (C=O) groups is 1. The molecule has 7 heteroatoms. The van der Waals surface area contributed by atoms with E-state index in [1.54, 1.807) is 4.90 Å². The Labute approximate surface area is 139 Å². The SMILES string of the molecule is CN=C(NCC1CCCN(C)C1)NC1CCN(C(=O)OC)CC1. The summed E-state index contributed by atoms with van der Waals surface area (Å²) in [5.74, 6) is 1.56. The predicted octanol–water partition coefficient (Wildman–Crippen LogP) is 0.724. The lowest BCUT2D eigenvalue weighted by atomic mass is 9.98. The molecule has 2 fully saturated rings. The summed E-state index contributed by atoms with van der Waals surface area (Å²) < 4.78 is 4.77. The van der Waals surface area contributed by atoms with E-state index in [1.807, 2.05) is 7.05 Å². The van der Waals surface area contributed by atoms with Crippen molar-refractivity contribution in [3.63, 3.8) is 0 Å². The molecule has 0 bridgehead atoms.